The van der Waals surface area contributed by atoms with Crippen LogP contribution >= 0.6 is 0 Å². The van der Waals surface area contributed by atoms with Gasteiger partial charge in [0.2, 0.25) is 0 Å². The van der Waals surface area contributed by atoms with Gasteiger partial charge in [0, 0.05) is 12.6 Å². The van der Waals surface area contributed by atoms with Crippen LogP contribution in [-0.2, 0) is 4.74 Å². The van der Waals surface area contributed by atoms with E-state index in [1.165, 1.54) is 0 Å². The van der Waals surface area contributed by atoms with Gasteiger partial charge >= 0.3 is 6.18 Å². The Labute approximate surface area is 106 Å². The van der Waals surface area contributed by atoms with Crippen LogP contribution in [0.15, 0.2) is 0 Å². The Morgan fingerprint density at radius 1 is 1.17 bits per heavy atom. The lowest BCUT2D eigenvalue weighted by molar-refractivity contribution is -0.174. The summed E-state index contributed by atoms with van der Waals surface area (Å²) in [6.07, 6.45) is 0.984. The Hall–Kier alpha value is -0.330. The van der Waals surface area contributed by atoms with Crippen molar-refractivity contribution in [3.63, 3.8) is 0 Å². The lowest BCUT2D eigenvalue weighted by atomic mass is 10.1. The van der Waals surface area contributed by atoms with E-state index >= 15 is 0 Å². The Kier molecular flexibility index (Phi) is 6.96. The number of aliphatic hydroxyl groups is 1. The second-order valence-electron chi connectivity index (χ2n) is 4.79. The molecule has 1 fully saturated rings. The van der Waals surface area contributed by atoms with Gasteiger partial charge in [-0.3, -0.25) is 0 Å². The summed E-state index contributed by atoms with van der Waals surface area (Å²) in [4.78, 5) is 0. The van der Waals surface area contributed by atoms with Crippen LogP contribution < -0.4 is 5.32 Å². The van der Waals surface area contributed by atoms with E-state index in [0.29, 0.717) is 13.0 Å². The predicted octanol–water partition coefficient (Wildman–Crippen LogP) is 2.24. The quantitative estimate of drug-likeness (QED) is 0.574. The molecule has 0 heterocycles. The molecule has 1 aliphatic rings. The molecule has 1 rings (SSSR count). The maximum atomic E-state index is 11.8. The molecular formula is C12H22F3NO2. The number of ether oxygens (including phenoxy) is 1. The second-order valence-corrected chi connectivity index (χ2v) is 4.79. The van der Waals surface area contributed by atoms with Crippen molar-refractivity contribution in [1.82, 2.24) is 5.32 Å². The van der Waals surface area contributed by atoms with Gasteiger partial charge in [-0.2, -0.15) is 13.2 Å². The van der Waals surface area contributed by atoms with Gasteiger partial charge in [-0.05, 0) is 25.8 Å². The fourth-order valence-corrected chi connectivity index (χ4v) is 2.18. The summed E-state index contributed by atoms with van der Waals surface area (Å²) >= 11 is 0. The molecule has 1 saturated carbocycles. The molecule has 1 aliphatic carbocycles. The van der Waals surface area contributed by atoms with Gasteiger partial charge < -0.3 is 15.2 Å². The summed E-state index contributed by atoms with van der Waals surface area (Å²) in [7, 11) is 0. The molecule has 0 aromatic rings. The smallest absolute Gasteiger partial charge is 0.392 e. The van der Waals surface area contributed by atoms with Crippen LogP contribution in [0.25, 0.3) is 0 Å². The first-order chi connectivity index (χ1) is 8.49. The fourth-order valence-electron chi connectivity index (χ4n) is 2.18. The zero-order valence-electron chi connectivity index (χ0n) is 10.5. The fraction of sp³-hybridized carbons (Fsp3) is 1.00. The minimum atomic E-state index is -4.25. The highest BCUT2D eigenvalue weighted by molar-refractivity contribution is 4.78. The normalized spacial score (nSPS) is 26.0. The van der Waals surface area contributed by atoms with Crippen molar-refractivity contribution in [2.75, 3.05) is 19.8 Å². The highest BCUT2D eigenvalue weighted by atomic mass is 19.4. The van der Waals surface area contributed by atoms with Crippen LogP contribution in [0.1, 0.15) is 38.5 Å². The van der Waals surface area contributed by atoms with Crippen molar-refractivity contribution in [3.8, 4) is 0 Å². The van der Waals surface area contributed by atoms with Gasteiger partial charge in [-0.1, -0.05) is 19.3 Å². The molecule has 0 bridgehead atoms. The molecule has 0 saturated heterocycles. The zero-order valence-corrected chi connectivity index (χ0v) is 10.5. The van der Waals surface area contributed by atoms with Crippen LogP contribution in [0.3, 0.4) is 0 Å². The SMILES string of the molecule is OC1CCCCCC1NCCCOCC(F)(F)F. The van der Waals surface area contributed by atoms with E-state index in [1.54, 1.807) is 0 Å². The Morgan fingerprint density at radius 2 is 1.89 bits per heavy atom. The third-order valence-electron chi connectivity index (χ3n) is 3.12. The van der Waals surface area contributed by atoms with Gasteiger partial charge in [-0.25, -0.2) is 0 Å². The monoisotopic (exact) mass is 269 g/mol. The average molecular weight is 269 g/mol. The maximum Gasteiger partial charge on any atom is 0.411 e. The van der Waals surface area contributed by atoms with E-state index in [1.807, 2.05) is 0 Å². The number of hydrogen-bond acceptors (Lipinski definition) is 3. The maximum absolute atomic E-state index is 11.8. The van der Waals surface area contributed by atoms with Gasteiger partial charge in [0.15, 0.2) is 0 Å². The number of alkyl halides is 3. The topological polar surface area (TPSA) is 41.5 Å². The van der Waals surface area contributed by atoms with Gasteiger partial charge in [-0.15, -0.1) is 0 Å². The Morgan fingerprint density at radius 3 is 2.61 bits per heavy atom. The summed E-state index contributed by atoms with van der Waals surface area (Å²) < 4.78 is 39.8. The first kappa shape index (κ1) is 15.7. The van der Waals surface area contributed by atoms with E-state index in [-0.39, 0.29) is 18.8 Å². The molecule has 0 aromatic carbocycles. The van der Waals surface area contributed by atoms with Crippen molar-refractivity contribution in [1.29, 1.82) is 0 Å². The van der Waals surface area contributed by atoms with Crippen LogP contribution in [0, 0.1) is 0 Å². The summed E-state index contributed by atoms with van der Waals surface area (Å²) in [6, 6.07) is 0.0788. The standard InChI is InChI=1S/C12H22F3NO2/c13-12(14,15)9-18-8-4-7-16-10-5-2-1-3-6-11(10)17/h10-11,16-17H,1-9H2. The number of nitrogens with one attached hydrogen (secondary N) is 1. The van der Waals surface area contributed by atoms with Crippen LogP contribution in [-0.4, -0.2) is 43.2 Å². The first-order valence-corrected chi connectivity index (χ1v) is 6.55. The number of rotatable bonds is 6. The molecule has 18 heavy (non-hydrogen) atoms. The Balaban J connectivity index is 2.03. The molecule has 0 aromatic heterocycles. The molecule has 0 spiro atoms. The van der Waals surface area contributed by atoms with Crippen molar-refractivity contribution in [3.05, 3.63) is 0 Å². The number of aliphatic hydroxyl groups excluding tert-OH is 1. The van der Waals surface area contributed by atoms with E-state index in [2.05, 4.69) is 10.1 Å². The van der Waals surface area contributed by atoms with Gasteiger partial charge in [0.1, 0.15) is 6.61 Å². The summed E-state index contributed by atoms with van der Waals surface area (Å²) in [5.74, 6) is 0. The molecule has 2 unspecified atom stereocenters. The van der Waals surface area contributed by atoms with E-state index in [4.69, 9.17) is 0 Å². The van der Waals surface area contributed by atoms with Crippen LogP contribution in [0.5, 0.6) is 0 Å². The summed E-state index contributed by atoms with van der Waals surface area (Å²) in [5.41, 5.74) is 0. The van der Waals surface area contributed by atoms with Crippen molar-refractivity contribution in [2.24, 2.45) is 0 Å². The molecule has 0 aliphatic heterocycles. The summed E-state index contributed by atoms with van der Waals surface area (Å²) in [6.45, 7) is -0.506. The minimum Gasteiger partial charge on any atom is -0.392 e. The first-order valence-electron chi connectivity index (χ1n) is 6.55. The molecule has 2 atom stereocenters. The highest BCUT2D eigenvalue weighted by Gasteiger charge is 2.27. The average Bonchev–Trinajstić information content (AvgIpc) is 2.47. The van der Waals surface area contributed by atoms with E-state index in [0.717, 1.165) is 32.1 Å². The molecule has 3 nitrogen and oxygen atoms in total. The molecule has 0 radical (unpaired) electrons. The van der Waals surface area contributed by atoms with Crippen molar-refractivity contribution < 1.29 is 23.0 Å². The number of hydrogen-bond donors (Lipinski definition) is 2. The lowest BCUT2D eigenvalue weighted by Crippen LogP contribution is -2.39. The van der Waals surface area contributed by atoms with Crippen LogP contribution in [0.2, 0.25) is 0 Å². The molecule has 0 amide bonds. The van der Waals surface area contributed by atoms with Gasteiger partial charge in [0.05, 0.1) is 6.10 Å². The van der Waals surface area contributed by atoms with Gasteiger partial charge in [0.25, 0.3) is 0 Å². The van der Waals surface area contributed by atoms with E-state index < -0.39 is 12.8 Å². The van der Waals surface area contributed by atoms with E-state index in [9.17, 15) is 18.3 Å². The molecular weight excluding hydrogens is 247 g/mol. The third kappa shape index (κ3) is 7.18. The number of halogens is 3. The highest BCUT2D eigenvalue weighted by Crippen LogP contribution is 2.18. The summed E-state index contributed by atoms with van der Waals surface area (Å²) in [5, 5.41) is 13.0. The Bertz CT molecular complexity index is 224. The zero-order chi connectivity index (χ0) is 13.4. The molecule has 108 valence electrons. The van der Waals surface area contributed by atoms with Crippen LogP contribution in [0.4, 0.5) is 13.2 Å². The van der Waals surface area contributed by atoms with Crippen molar-refractivity contribution >= 4 is 0 Å². The third-order valence-corrected chi connectivity index (χ3v) is 3.12. The minimum absolute atomic E-state index is 0.0788. The second kappa shape index (κ2) is 7.96. The lowest BCUT2D eigenvalue weighted by Gasteiger charge is -2.21. The molecule has 2 N–H and O–H groups in total. The van der Waals surface area contributed by atoms with Crippen molar-refractivity contribution in [2.45, 2.75) is 56.8 Å². The molecule has 6 heteroatoms. The largest absolute Gasteiger partial charge is 0.411 e. The predicted molar refractivity (Wildman–Crippen MR) is 62.4 cm³/mol.